The molecule has 0 bridgehead atoms. The molecule has 1 aliphatic rings. The highest BCUT2D eigenvalue weighted by Crippen LogP contribution is 2.33. The van der Waals surface area contributed by atoms with Crippen molar-refractivity contribution in [2.75, 3.05) is 0 Å². The van der Waals surface area contributed by atoms with Gasteiger partial charge in [0.2, 0.25) is 0 Å². The van der Waals surface area contributed by atoms with Gasteiger partial charge in [-0.15, -0.1) is 11.3 Å². The number of thiocarbonyl (C=S) groups is 1. The van der Waals surface area contributed by atoms with Gasteiger partial charge in [-0.2, -0.15) is 5.01 Å². The molecule has 1 aliphatic heterocycles. The van der Waals surface area contributed by atoms with Crippen molar-refractivity contribution < 1.29 is 9.59 Å². The summed E-state index contributed by atoms with van der Waals surface area (Å²) in [5, 5.41) is 3.60. The lowest BCUT2D eigenvalue weighted by molar-refractivity contribution is -0.123. The summed E-state index contributed by atoms with van der Waals surface area (Å²) in [5.74, 6) is -0.753. The number of carbonyl (C=O) groups is 2. The number of carbonyl (C=O) groups excluding carboxylic acids is 2. The van der Waals surface area contributed by atoms with E-state index in [0.29, 0.717) is 19.8 Å². The van der Waals surface area contributed by atoms with Gasteiger partial charge in [0.1, 0.15) is 0 Å². The summed E-state index contributed by atoms with van der Waals surface area (Å²) in [6.45, 7) is 1.98. The van der Waals surface area contributed by atoms with Gasteiger partial charge in [-0.1, -0.05) is 23.4 Å². The number of nitrogens with one attached hydrogen (secondary N) is 1. The monoisotopic (exact) mass is 394 g/mol. The van der Waals surface area contributed by atoms with Crippen LogP contribution in [-0.4, -0.2) is 21.1 Å². The predicted molar refractivity (Wildman–Crippen MR) is 103 cm³/mol. The Morgan fingerprint density at radius 2 is 2.00 bits per heavy atom. The number of hydrazine groups is 1. The molecule has 1 aromatic carbocycles. The number of benzene rings is 1. The molecule has 0 spiro atoms. The average Bonchev–Trinajstić information content (AvgIpc) is 3.07. The topological polar surface area (TPSA) is 49.4 Å². The van der Waals surface area contributed by atoms with E-state index in [4.69, 9.17) is 23.8 Å². The van der Waals surface area contributed by atoms with Crippen molar-refractivity contribution in [3.8, 4) is 0 Å². The number of hydrogen-bond acceptors (Lipinski definition) is 5. The molecule has 8 heteroatoms. The first-order valence-electron chi connectivity index (χ1n) is 6.84. The van der Waals surface area contributed by atoms with E-state index in [2.05, 4.69) is 5.43 Å². The molecule has 2 amide bonds. The summed E-state index contributed by atoms with van der Waals surface area (Å²) in [6.07, 6.45) is 1.80. The molecule has 1 fully saturated rings. The van der Waals surface area contributed by atoms with Gasteiger partial charge in [0.05, 0.1) is 4.91 Å². The fourth-order valence-corrected chi connectivity index (χ4v) is 4.20. The number of rotatable bonds is 3. The smallest absolute Gasteiger partial charge is 0.267 e. The lowest BCUT2D eigenvalue weighted by Gasteiger charge is -2.15. The third-order valence-corrected chi connectivity index (χ3v) is 5.80. The van der Waals surface area contributed by atoms with Gasteiger partial charge in [0, 0.05) is 15.5 Å². The molecule has 0 unspecified atom stereocenters. The van der Waals surface area contributed by atoms with Crippen LogP contribution in [0.15, 0.2) is 40.6 Å². The third-order valence-electron chi connectivity index (χ3n) is 3.28. The minimum atomic E-state index is -0.420. The average molecular weight is 395 g/mol. The standard InChI is InChI=1S/C16H11ClN2O2S3/c1-9-6-7-23-12(9)8-13-15(21)19(16(22)24-13)18-14(20)10-2-4-11(17)5-3-10/h2-8H,1H3,(H,18,20)/b13-8+. The van der Waals surface area contributed by atoms with Crippen LogP contribution in [0.25, 0.3) is 6.08 Å². The molecule has 0 atom stereocenters. The second kappa shape index (κ2) is 7.06. The third kappa shape index (κ3) is 3.54. The number of hydrogen-bond donors (Lipinski definition) is 1. The Labute approximate surface area is 157 Å². The summed E-state index contributed by atoms with van der Waals surface area (Å²) < 4.78 is 0.294. The van der Waals surface area contributed by atoms with E-state index in [1.165, 1.54) is 11.8 Å². The number of nitrogens with zero attached hydrogens (tertiary/aromatic N) is 1. The first-order chi connectivity index (χ1) is 11.5. The van der Waals surface area contributed by atoms with Gasteiger partial charge in [-0.05, 0) is 66.5 Å². The Bertz CT molecular complexity index is 858. The maximum absolute atomic E-state index is 12.5. The summed E-state index contributed by atoms with van der Waals surface area (Å²) in [6, 6.07) is 8.38. The fraction of sp³-hybridized carbons (Fsp3) is 0.0625. The van der Waals surface area contributed by atoms with E-state index < -0.39 is 5.91 Å². The number of amides is 2. The fourth-order valence-electron chi connectivity index (χ4n) is 1.98. The normalized spacial score (nSPS) is 16.1. The maximum atomic E-state index is 12.5. The highest BCUT2D eigenvalue weighted by molar-refractivity contribution is 8.26. The maximum Gasteiger partial charge on any atom is 0.285 e. The van der Waals surface area contributed by atoms with E-state index in [1.54, 1.807) is 41.7 Å². The zero-order chi connectivity index (χ0) is 17.3. The lowest BCUT2D eigenvalue weighted by Crippen LogP contribution is -2.44. The van der Waals surface area contributed by atoms with E-state index in [1.807, 2.05) is 18.4 Å². The molecule has 3 rings (SSSR count). The Kier molecular flexibility index (Phi) is 5.05. The van der Waals surface area contributed by atoms with Crippen molar-refractivity contribution in [2.45, 2.75) is 6.92 Å². The Balaban J connectivity index is 1.77. The molecule has 0 saturated carbocycles. The number of aryl methyl sites for hydroxylation is 1. The first-order valence-corrected chi connectivity index (χ1v) is 9.32. The van der Waals surface area contributed by atoms with E-state index >= 15 is 0 Å². The largest absolute Gasteiger partial charge is 0.285 e. The molecular weight excluding hydrogens is 384 g/mol. The summed E-state index contributed by atoms with van der Waals surface area (Å²) >= 11 is 13.7. The van der Waals surface area contributed by atoms with E-state index in [0.717, 1.165) is 15.4 Å². The Morgan fingerprint density at radius 1 is 1.29 bits per heavy atom. The zero-order valence-corrected chi connectivity index (χ0v) is 15.6. The molecule has 4 nitrogen and oxygen atoms in total. The highest BCUT2D eigenvalue weighted by Gasteiger charge is 2.33. The SMILES string of the molecule is Cc1ccsc1/C=C1/SC(=S)N(NC(=O)c2ccc(Cl)cc2)C1=O. The van der Waals surface area contributed by atoms with Crippen molar-refractivity contribution in [3.63, 3.8) is 0 Å². The quantitative estimate of drug-likeness (QED) is 0.624. The summed E-state index contributed by atoms with van der Waals surface area (Å²) in [5.41, 5.74) is 4.03. The van der Waals surface area contributed by atoms with Crippen molar-refractivity contribution >= 4 is 69.1 Å². The van der Waals surface area contributed by atoms with Crippen LogP contribution in [0.3, 0.4) is 0 Å². The molecule has 2 heterocycles. The van der Waals surface area contributed by atoms with Crippen LogP contribution >= 0.6 is 46.9 Å². The molecular formula is C16H11ClN2O2S3. The summed E-state index contributed by atoms with van der Waals surface area (Å²) in [4.78, 5) is 26.2. The first kappa shape index (κ1) is 17.2. The van der Waals surface area contributed by atoms with E-state index in [-0.39, 0.29) is 5.91 Å². The molecule has 0 radical (unpaired) electrons. The van der Waals surface area contributed by atoms with Crippen molar-refractivity contribution in [1.29, 1.82) is 0 Å². The van der Waals surface area contributed by atoms with Crippen molar-refractivity contribution in [1.82, 2.24) is 10.4 Å². The van der Waals surface area contributed by atoms with Gasteiger partial charge >= 0.3 is 0 Å². The summed E-state index contributed by atoms with van der Waals surface area (Å²) in [7, 11) is 0. The molecule has 0 aliphatic carbocycles. The van der Waals surface area contributed by atoms with Gasteiger partial charge in [0.15, 0.2) is 4.32 Å². The highest BCUT2D eigenvalue weighted by atomic mass is 35.5. The van der Waals surface area contributed by atoms with E-state index in [9.17, 15) is 9.59 Å². The van der Waals surface area contributed by atoms with Gasteiger partial charge < -0.3 is 0 Å². The van der Waals surface area contributed by atoms with Gasteiger partial charge in [-0.3, -0.25) is 15.0 Å². The number of thioether (sulfide) groups is 1. The molecule has 1 aromatic heterocycles. The van der Waals surface area contributed by atoms with Crippen LogP contribution < -0.4 is 5.43 Å². The van der Waals surface area contributed by atoms with Crippen LogP contribution in [0.1, 0.15) is 20.8 Å². The number of thiophene rings is 1. The minimum Gasteiger partial charge on any atom is -0.267 e. The molecule has 1 N–H and O–H groups in total. The molecule has 122 valence electrons. The predicted octanol–water partition coefficient (Wildman–Crippen LogP) is 4.26. The minimum absolute atomic E-state index is 0.294. The lowest BCUT2D eigenvalue weighted by atomic mass is 10.2. The van der Waals surface area contributed by atoms with Crippen LogP contribution in [0.5, 0.6) is 0 Å². The van der Waals surface area contributed by atoms with Crippen LogP contribution in [-0.2, 0) is 4.79 Å². The van der Waals surface area contributed by atoms with Gasteiger partial charge in [-0.25, -0.2) is 0 Å². The molecule has 24 heavy (non-hydrogen) atoms. The number of halogens is 1. The van der Waals surface area contributed by atoms with Crippen molar-refractivity contribution in [3.05, 3.63) is 61.6 Å². The van der Waals surface area contributed by atoms with Crippen LogP contribution in [0, 0.1) is 6.92 Å². The second-order valence-electron chi connectivity index (χ2n) is 4.93. The molecule has 2 aromatic rings. The van der Waals surface area contributed by atoms with Gasteiger partial charge in [0.25, 0.3) is 11.8 Å². The Hall–Kier alpha value is -1.67. The van der Waals surface area contributed by atoms with Crippen LogP contribution in [0.2, 0.25) is 5.02 Å². The second-order valence-corrected chi connectivity index (χ2v) is 7.99. The zero-order valence-electron chi connectivity index (χ0n) is 12.4. The Morgan fingerprint density at radius 3 is 2.62 bits per heavy atom. The molecule has 1 saturated heterocycles. The van der Waals surface area contributed by atoms with Crippen molar-refractivity contribution in [2.24, 2.45) is 0 Å². The van der Waals surface area contributed by atoms with Crippen LogP contribution in [0.4, 0.5) is 0 Å².